The lowest BCUT2D eigenvalue weighted by molar-refractivity contribution is 0.294. The second kappa shape index (κ2) is 8.09. The van der Waals surface area contributed by atoms with Crippen molar-refractivity contribution in [2.75, 3.05) is 26.2 Å². The largest absolute Gasteiger partial charge is 0.750 e. The maximum Gasteiger partial charge on any atom is 0.0842 e. The molecule has 0 rings (SSSR count). The molecule has 0 radical (unpaired) electrons. The summed E-state index contributed by atoms with van der Waals surface area (Å²) >= 11 is -2.38. The Balaban J connectivity index is 2.85. The van der Waals surface area contributed by atoms with E-state index in [1.165, 1.54) is 0 Å². The molecule has 1 unspecified atom stereocenters. The number of nitrogens with two attached hydrogens (primary N) is 1. The molecule has 0 aromatic rings. The van der Waals surface area contributed by atoms with Crippen LogP contribution in [-0.4, -0.2) is 35.0 Å². The number of nitrogens with one attached hydrogen (secondary N) is 1. The summed E-state index contributed by atoms with van der Waals surface area (Å²) in [6, 6.07) is 0. The molecule has 68 valence electrons. The Morgan fingerprint density at radius 3 is 2.82 bits per heavy atom. The van der Waals surface area contributed by atoms with Gasteiger partial charge in [-0.05, 0) is 13.0 Å². The molecule has 5 nitrogen and oxygen atoms in total. The first kappa shape index (κ1) is 11.0. The molecule has 0 aliphatic carbocycles. The van der Waals surface area contributed by atoms with Crippen molar-refractivity contribution in [2.45, 2.75) is 6.42 Å². The zero-order chi connectivity index (χ0) is 8.53. The van der Waals surface area contributed by atoms with E-state index in [9.17, 15) is 8.76 Å². The quantitative estimate of drug-likeness (QED) is 0.378. The molecule has 0 fully saturated rings. The summed E-state index contributed by atoms with van der Waals surface area (Å²) in [5.74, 6) is 0. The van der Waals surface area contributed by atoms with Gasteiger partial charge in [-0.25, -0.2) is 4.21 Å². The third kappa shape index (κ3) is 9.99. The first-order valence-corrected chi connectivity index (χ1v) is 4.40. The highest BCUT2D eigenvalue weighted by Gasteiger charge is 1.87. The number of hydrogen-bond donors (Lipinski definition) is 2. The van der Waals surface area contributed by atoms with Crippen LogP contribution in [0.5, 0.6) is 0 Å². The summed E-state index contributed by atoms with van der Waals surface area (Å²) in [5.41, 5.74) is 5.20. The summed E-state index contributed by atoms with van der Waals surface area (Å²) in [6.45, 7) is 2.30. The first-order chi connectivity index (χ1) is 5.27. The highest BCUT2D eigenvalue weighted by Crippen LogP contribution is 1.82. The van der Waals surface area contributed by atoms with E-state index in [4.69, 9.17) is 5.73 Å². The predicted molar refractivity (Wildman–Crippen MR) is 41.4 cm³/mol. The van der Waals surface area contributed by atoms with Crippen LogP contribution >= 0.6 is 0 Å². The van der Waals surface area contributed by atoms with E-state index in [-0.39, 0.29) is 6.61 Å². The molecule has 0 spiro atoms. The minimum absolute atomic E-state index is 0.230. The molecule has 11 heavy (non-hydrogen) atoms. The Morgan fingerprint density at radius 2 is 2.27 bits per heavy atom. The average Bonchev–Trinajstić information content (AvgIpc) is 1.96. The summed E-state index contributed by atoms with van der Waals surface area (Å²) in [6.07, 6.45) is 0.675. The Labute approximate surface area is 68.8 Å². The highest BCUT2D eigenvalue weighted by atomic mass is 32.2. The van der Waals surface area contributed by atoms with Crippen LogP contribution in [-0.2, 0) is 15.5 Å². The third-order valence-corrected chi connectivity index (χ3v) is 1.36. The van der Waals surface area contributed by atoms with Gasteiger partial charge in [0.1, 0.15) is 0 Å². The van der Waals surface area contributed by atoms with E-state index in [0.717, 1.165) is 13.1 Å². The van der Waals surface area contributed by atoms with Gasteiger partial charge in [0, 0.05) is 13.1 Å². The molecule has 6 heteroatoms. The fourth-order valence-electron chi connectivity index (χ4n) is 0.551. The van der Waals surface area contributed by atoms with Crippen molar-refractivity contribution in [3.05, 3.63) is 0 Å². The van der Waals surface area contributed by atoms with Crippen molar-refractivity contribution < 1.29 is 12.9 Å². The van der Waals surface area contributed by atoms with Crippen molar-refractivity contribution in [1.29, 1.82) is 0 Å². The van der Waals surface area contributed by atoms with Gasteiger partial charge in [0.15, 0.2) is 0 Å². The van der Waals surface area contributed by atoms with Gasteiger partial charge in [0.05, 0.1) is 18.0 Å². The van der Waals surface area contributed by atoms with Crippen molar-refractivity contribution in [3.8, 4) is 0 Å². The van der Waals surface area contributed by atoms with Crippen LogP contribution < -0.4 is 11.1 Å². The Hall–Kier alpha value is -0.0100. The van der Waals surface area contributed by atoms with Gasteiger partial charge in [-0.3, -0.25) is 0 Å². The normalized spacial score (nSPS) is 13.3. The van der Waals surface area contributed by atoms with Crippen LogP contribution in [0.2, 0.25) is 0 Å². The molecule has 0 bridgehead atoms. The molecule has 0 amide bonds. The lowest BCUT2D eigenvalue weighted by atomic mass is 10.4. The molecule has 0 aliphatic rings. The minimum Gasteiger partial charge on any atom is -0.750 e. The second-order valence-electron chi connectivity index (χ2n) is 1.92. The fourth-order valence-corrected chi connectivity index (χ4v) is 0.805. The van der Waals surface area contributed by atoms with E-state index in [1.807, 2.05) is 0 Å². The van der Waals surface area contributed by atoms with Gasteiger partial charge >= 0.3 is 0 Å². The first-order valence-electron chi connectivity index (χ1n) is 3.40. The lowest BCUT2D eigenvalue weighted by Crippen LogP contribution is -2.24. The molecule has 1 atom stereocenters. The van der Waals surface area contributed by atoms with Crippen molar-refractivity contribution in [2.24, 2.45) is 5.73 Å². The van der Waals surface area contributed by atoms with Crippen molar-refractivity contribution >= 4 is 11.4 Å². The third-order valence-electron chi connectivity index (χ3n) is 0.999. The average molecular weight is 181 g/mol. The van der Waals surface area contributed by atoms with Crippen LogP contribution in [0.1, 0.15) is 6.42 Å². The number of hydrogen-bond acceptors (Lipinski definition) is 5. The number of rotatable bonds is 7. The fraction of sp³-hybridized carbons (Fsp3) is 1.00. The van der Waals surface area contributed by atoms with E-state index >= 15 is 0 Å². The zero-order valence-corrected chi connectivity index (χ0v) is 7.06. The van der Waals surface area contributed by atoms with Crippen LogP contribution in [0.3, 0.4) is 0 Å². The molecular weight excluding hydrogens is 168 g/mol. The standard InChI is InChI=1S/C5H14N2O3S/c6-2-4-7-3-1-5-10-11(8)9/h7H,1-6H2,(H,8,9)/p-1. The summed E-state index contributed by atoms with van der Waals surface area (Å²) in [4.78, 5) is 0. The van der Waals surface area contributed by atoms with Gasteiger partial charge in [-0.2, -0.15) is 0 Å². The maximum absolute atomic E-state index is 9.83. The van der Waals surface area contributed by atoms with E-state index in [2.05, 4.69) is 9.50 Å². The lowest BCUT2D eigenvalue weighted by Gasteiger charge is -2.05. The summed E-state index contributed by atoms with van der Waals surface area (Å²) < 4.78 is 23.9. The molecule has 0 saturated heterocycles. The molecule has 0 aromatic carbocycles. The minimum atomic E-state index is -2.38. The second-order valence-corrected chi connectivity index (χ2v) is 2.56. The molecular formula is C5H13N2O3S-. The predicted octanol–water partition coefficient (Wildman–Crippen LogP) is -1.26. The van der Waals surface area contributed by atoms with Gasteiger partial charge in [-0.15, -0.1) is 0 Å². The van der Waals surface area contributed by atoms with Gasteiger partial charge in [0.2, 0.25) is 0 Å². The van der Waals surface area contributed by atoms with Gasteiger partial charge in [0.25, 0.3) is 0 Å². The Kier molecular flexibility index (Phi) is 8.08. The Bertz CT molecular complexity index is 112. The van der Waals surface area contributed by atoms with E-state index < -0.39 is 11.4 Å². The van der Waals surface area contributed by atoms with Crippen molar-refractivity contribution in [3.63, 3.8) is 0 Å². The van der Waals surface area contributed by atoms with Crippen LogP contribution in [0.15, 0.2) is 0 Å². The monoisotopic (exact) mass is 181 g/mol. The summed E-state index contributed by atoms with van der Waals surface area (Å²) in [5, 5.41) is 3.00. The molecule has 0 saturated carbocycles. The SMILES string of the molecule is NCCNCCCOS(=O)[O-]. The Morgan fingerprint density at radius 1 is 1.55 bits per heavy atom. The zero-order valence-electron chi connectivity index (χ0n) is 6.25. The van der Waals surface area contributed by atoms with Gasteiger partial charge in [-0.1, -0.05) is 0 Å². The topological polar surface area (TPSA) is 87.4 Å². The van der Waals surface area contributed by atoms with Crippen LogP contribution in [0, 0.1) is 0 Å². The molecule has 0 aliphatic heterocycles. The van der Waals surface area contributed by atoms with E-state index in [1.54, 1.807) is 0 Å². The molecule has 3 N–H and O–H groups in total. The maximum atomic E-state index is 9.83. The van der Waals surface area contributed by atoms with E-state index in [0.29, 0.717) is 13.0 Å². The molecule has 0 aromatic heterocycles. The van der Waals surface area contributed by atoms with Crippen LogP contribution in [0.25, 0.3) is 0 Å². The molecule has 0 heterocycles. The highest BCUT2D eigenvalue weighted by molar-refractivity contribution is 7.74. The van der Waals surface area contributed by atoms with Gasteiger partial charge < -0.3 is 19.8 Å². The van der Waals surface area contributed by atoms with Crippen LogP contribution in [0.4, 0.5) is 0 Å². The van der Waals surface area contributed by atoms with Crippen molar-refractivity contribution in [1.82, 2.24) is 5.32 Å². The smallest absolute Gasteiger partial charge is 0.0842 e. The summed E-state index contributed by atoms with van der Waals surface area (Å²) in [7, 11) is 0.